The molecule has 0 aliphatic carbocycles. The molecule has 176 valence electrons. The minimum absolute atomic E-state index is 0.196. The first-order valence-electron chi connectivity index (χ1n) is 11.7. The van der Waals surface area contributed by atoms with Crippen molar-refractivity contribution in [3.8, 4) is 5.75 Å². The van der Waals surface area contributed by atoms with E-state index < -0.39 is 0 Å². The maximum absolute atomic E-state index is 11.0. The lowest BCUT2D eigenvalue weighted by atomic mass is 10.0. The Morgan fingerprint density at radius 3 is 2.67 bits per heavy atom. The zero-order valence-electron chi connectivity index (χ0n) is 19.8. The van der Waals surface area contributed by atoms with Crippen LogP contribution in [0.2, 0.25) is 0 Å². The third-order valence-corrected chi connectivity index (χ3v) is 6.40. The van der Waals surface area contributed by atoms with Gasteiger partial charge in [0, 0.05) is 31.2 Å². The van der Waals surface area contributed by atoms with E-state index in [-0.39, 0.29) is 11.7 Å². The number of likely N-dealkylation sites (tertiary alicyclic amines) is 1. The van der Waals surface area contributed by atoms with Gasteiger partial charge >= 0.3 is 0 Å². The van der Waals surface area contributed by atoms with Gasteiger partial charge in [0.1, 0.15) is 11.4 Å². The third kappa shape index (κ3) is 5.45. The van der Waals surface area contributed by atoms with Gasteiger partial charge in [-0.2, -0.15) is 0 Å². The fourth-order valence-corrected chi connectivity index (χ4v) is 4.67. The molecule has 0 saturated carbocycles. The van der Waals surface area contributed by atoms with Crippen molar-refractivity contribution < 1.29 is 9.90 Å². The number of aromatic hydroxyl groups is 1. The van der Waals surface area contributed by atoms with Crippen molar-refractivity contribution in [2.45, 2.75) is 59.0 Å². The number of nitrogens with two attached hydrogens (primary N) is 1. The van der Waals surface area contributed by atoms with Crippen LogP contribution in [0.25, 0.3) is 11.0 Å². The summed E-state index contributed by atoms with van der Waals surface area (Å²) in [4.78, 5) is 22.9. The molecule has 0 unspecified atom stereocenters. The topological polar surface area (TPSA) is 109 Å². The van der Waals surface area contributed by atoms with E-state index in [0.717, 1.165) is 67.1 Å². The molecule has 1 fully saturated rings. The number of rotatable bonds is 8. The lowest BCUT2D eigenvalue weighted by Gasteiger charge is -2.32. The number of carbonyl (C=O) groups is 1. The number of fused-ring (bicyclic) bond motifs is 1. The molecule has 1 aliphatic heterocycles. The highest BCUT2D eigenvalue weighted by Crippen LogP contribution is 2.28. The maximum atomic E-state index is 11.0. The van der Waals surface area contributed by atoms with Gasteiger partial charge in [-0.1, -0.05) is 6.07 Å². The molecular weight excluding hydrogens is 416 g/mol. The summed E-state index contributed by atoms with van der Waals surface area (Å²) >= 11 is 0. The summed E-state index contributed by atoms with van der Waals surface area (Å²) in [5, 5.41) is 14.1. The van der Waals surface area contributed by atoms with Crippen LogP contribution in [-0.2, 0) is 11.3 Å². The molecule has 4 N–H and O–H groups in total. The number of amides is 1. The van der Waals surface area contributed by atoms with Crippen LogP contribution in [0.15, 0.2) is 24.3 Å². The average Bonchev–Trinajstić information content (AvgIpc) is 3.09. The number of primary amides is 1. The van der Waals surface area contributed by atoms with Gasteiger partial charge < -0.3 is 25.6 Å². The smallest absolute Gasteiger partial charge is 0.217 e. The van der Waals surface area contributed by atoms with E-state index in [2.05, 4.69) is 45.7 Å². The van der Waals surface area contributed by atoms with Gasteiger partial charge in [-0.3, -0.25) is 9.78 Å². The molecule has 2 aromatic heterocycles. The molecule has 0 bridgehead atoms. The molecule has 1 amide bonds. The van der Waals surface area contributed by atoms with E-state index in [0.29, 0.717) is 24.7 Å². The summed E-state index contributed by atoms with van der Waals surface area (Å²) < 4.78 is 2.13. The number of piperidine rings is 1. The molecule has 33 heavy (non-hydrogen) atoms. The zero-order chi connectivity index (χ0) is 23.5. The fourth-order valence-electron chi connectivity index (χ4n) is 4.67. The second-order valence-electron chi connectivity index (χ2n) is 9.22. The van der Waals surface area contributed by atoms with Gasteiger partial charge in [0.15, 0.2) is 0 Å². The monoisotopic (exact) mass is 450 g/mol. The first kappa shape index (κ1) is 23.0. The van der Waals surface area contributed by atoms with Crippen LogP contribution >= 0.6 is 0 Å². The van der Waals surface area contributed by atoms with Crippen molar-refractivity contribution in [1.82, 2.24) is 19.4 Å². The van der Waals surface area contributed by atoms with Crippen molar-refractivity contribution >= 4 is 22.9 Å². The molecule has 4 rings (SSSR count). The molecule has 0 radical (unpaired) electrons. The van der Waals surface area contributed by atoms with Gasteiger partial charge in [0.2, 0.25) is 11.9 Å². The normalized spacial score (nSPS) is 15.2. The number of aryl methyl sites for hydroxylation is 3. The Balaban J connectivity index is 1.55. The molecular formula is C25H34N6O2. The molecule has 3 heterocycles. The fraction of sp³-hybridized carbons (Fsp3) is 0.480. The predicted molar refractivity (Wildman–Crippen MR) is 130 cm³/mol. The first-order chi connectivity index (χ1) is 15.8. The summed E-state index contributed by atoms with van der Waals surface area (Å²) in [5.74, 6) is 0.778. The number of benzene rings is 1. The van der Waals surface area contributed by atoms with Crippen LogP contribution in [0.1, 0.15) is 48.2 Å². The minimum Gasteiger partial charge on any atom is -0.506 e. The molecule has 8 nitrogen and oxygen atoms in total. The van der Waals surface area contributed by atoms with E-state index in [1.165, 1.54) is 5.56 Å². The van der Waals surface area contributed by atoms with E-state index in [9.17, 15) is 9.90 Å². The van der Waals surface area contributed by atoms with Crippen LogP contribution in [0.4, 0.5) is 5.95 Å². The summed E-state index contributed by atoms with van der Waals surface area (Å²) in [6, 6.07) is 8.13. The van der Waals surface area contributed by atoms with Gasteiger partial charge in [0.25, 0.3) is 0 Å². The second-order valence-corrected chi connectivity index (χ2v) is 9.22. The molecule has 0 atom stereocenters. The van der Waals surface area contributed by atoms with E-state index in [4.69, 9.17) is 10.7 Å². The quantitative estimate of drug-likeness (QED) is 0.486. The van der Waals surface area contributed by atoms with E-state index in [1.54, 1.807) is 6.07 Å². The highest BCUT2D eigenvalue weighted by atomic mass is 16.3. The Bertz CT molecular complexity index is 1150. The molecule has 1 aromatic carbocycles. The molecule has 1 saturated heterocycles. The Morgan fingerprint density at radius 2 is 1.94 bits per heavy atom. The number of aromatic nitrogens is 3. The van der Waals surface area contributed by atoms with Crippen LogP contribution < -0.4 is 11.1 Å². The summed E-state index contributed by atoms with van der Waals surface area (Å²) in [6.07, 6.45) is 3.27. The average molecular weight is 451 g/mol. The SMILES string of the molecule is Cc1cc(C)c2nc(NC3CCN(CCCC(N)=O)CC3)n(Cc3nc(C)ccc3O)c2c1. The summed E-state index contributed by atoms with van der Waals surface area (Å²) in [7, 11) is 0. The first-order valence-corrected chi connectivity index (χ1v) is 11.7. The van der Waals surface area contributed by atoms with Crippen molar-refractivity contribution in [2.24, 2.45) is 5.73 Å². The minimum atomic E-state index is -0.231. The van der Waals surface area contributed by atoms with Crippen molar-refractivity contribution in [2.75, 3.05) is 25.0 Å². The number of pyridine rings is 1. The molecule has 0 spiro atoms. The lowest BCUT2D eigenvalue weighted by Crippen LogP contribution is -2.40. The standard InChI is InChI=1S/C25H34N6O2/c1-16-13-17(2)24-21(14-16)31(15-20-22(32)7-6-18(3)27-20)25(29-24)28-19-8-11-30(12-9-19)10-4-5-23(26)33/h6-7,13-14,19,32H,4-5,8-12,15H2,1-3H3,(H2,26,33)(H,28,29). The number of nitrogens with zero attached hydrogens (tertiary/aromatic N) is 4. The lowest BCUT2D eigenvalue weighted by molar-refractivity contribution is -0.118. The van der Waals surface area contributed by atoms with Crippen LogP contribution in [-0.4, -0.2) is 56.1 Å². The van der Waals surface area contributed by atoms with E-state index >= 15 is 0 Å². The number of hydrogen-bond acceptors (Lipinski definition) is 6. The van der Waals surface area contributed by atoms with Gasteiger partial charge in [-0.25, -0.2) is 4.98 Å². The Labute approximate surface area is 194 Å². The number of imidazole rings is 1. The number of anilines is 1. The van der Waals surface area contributed by atoms with Gasteiger partial charge in [-0.15, -0.1) is 0 Å². The van der Waals surface area contributed by atoms with E-state index in [1.807, 2.05) is 13.0 Å². The molecule has 1 aliphatic rings. The number of hydrogen-bond donors (Lipinski definition) is 3. The highest BCUT2D eigenvalue weighted by molar-refractivity contribution is 5.83. The Kier molecular flexibility index (Phi) is 6.83. The van der Waals surface area contributed by atoms with Crippen molar-refractivity contribution in [3.05, 3.63) is 46.8 Å². The van der Waals surface area contributed by atoms with Gasteiger partial charge in [0.05, 0.1) is 17.6 Å². The molecule has 8 heteroatoms. The molecule has 3 aromatic rings. The van der Waals surface area contributed by atoms with Crippen LogP contribution in [0.3, 0.4) is 0 Å². The Morgan fingerprint density at radius 1 is 1.18 bits per heavy atom. The third-order valence-electron chi connectivity index (χ3n) is 6.40. The van der Waals surface area contributed by atoms with Crippen molar-refractivity contribution in [1.29, 1.82) is 0 Å². The van der Waals surface area contributed by atoms with Gasteiger partial charge in [-0.05, 0) is 75.9 Å². The predicted octanol–water partition coefficient (Wildman–Crippen LogP) is 3.25. The number of nitrogens with one attached hydrogen (secondary N) is 1. The summed E-state index contributed by atoms with van der Waals surface area (Å²) in [5.41, 5.74) is 11.1. The van der Waals surface area contributed by atoms with Crippen molar-refractivity contribution in [3.63, 3.8) is 0 Å². The second kappa shape index (κ2) is 9.79. The zero-order valence-corrected chi connectivity index (χ0v) is 19.8. The highest BCUT2D eigenvalue weighted by Gasteiger charge is 2.22. The number of carbonyl (C=O) groups excluding carboxylic acids is 1. The maximum Gasteiger partial charge on any atom is 0.217 e. The Hall–Kier alpha value is -3.13. The van der Waals surface area contributed by atoms with Crippen LogP contribution in [0, 0.1) is 20.8 Å². The summed E-state index contributed by atoms with van der Waals surface area (Å²) in [6.45, 7) is 9.42. The van der Waals surface area contributed by atoms with Crippen LogP contribution in [0.5, 0.6) is 5.75 Å². The largest absolute Gasteiger partial charge is 0.506 e.